The van der Waals surface area contributed by atoms with E-state index in [0.29, 0.717) is 0 Å². The molecule has 0 spiro atoms. The van der Waals surface area contributed by atoms with Gasteiger partial charge in [0.2, 0.25) is 0 Å². The number of hydrogen-bond donors (Lipinski definition) is 1. The van der Waals surface area contributed by atoms with Crippen LogP contribution in [0.3, 0.4) is 0 Å². The standard InChI is InChI=1S/C15H18NO3P/c1-16-20(17,18-12-14-8-4-2-5-9-14)19-13-15-10-6-3-7-11-15/h2-11H,12-13H2,1H3,(H,16,17). The molecular formula is C15H18NO3P. The SMILES string of the molecule is CNP(=O)(OCc1ccccc1)OCc1ccccc1. The monoisotopic (exact) mass is 291 g/mol. The average Bonchev–Trinajstić information content (AvgIpc) is 2.53. The predicted molar refractivity (Wildman–Crippen MR) is 79.1 cm³/mol. The number of rotatable bonds is 7. The molecule has 0 aliphatic rings. The summed E-state index contributed by atoms with van der Waals surface area (Å²) in [4.78, 5) is 0. The van der Waals surface area contributed by atoms with E-state index >= 15 is 0 Å². The normalized spacial score (nSPS) is 11.4. The molecule has 4 nitrogen and oxygen atoms in total. The van der Waals surface area contributed by atoms with E-state index in [1.807, 2.05) is 60.7 Å². The molecule has 106 valence electrons. The van der Waals surface area contributed by atoms with Crippen LogP contribution >= 0.6 is 7.75 Å². The molecular weight excluding hydrogens is 273 g/mol. The third-order valence-corrected chi connectivity index (χ3v) is 4.25. The fourth-order valence-electron chi connectivity index (χ4n) is 1.63. The van der Waals surface area contributed by atoms with Crippen LogP contribution in [0.4, 0.5) is 0 Å². The predicted octanol–water partition coefficient (Wildman–Crippen LogP) is 3.75. The van der Waals surface area contributed by atoms with E-state index in [9.17, 15) is 4.57 Å². The topological polar surface area (TPSA) is 47.6 Å². The molecule has 0 fully saturated rings. The Hall–Kier alpha value is -1.45. The fourth-order valence-corrected chi connectivity index (χ4v) is 2.60. The number of benzene rings is 2. The van der Waals surface area contributed by atoms with Crippen molar-refractivity contribution in [1.82, 2.24) is 5.09 Å². The van der Waals surface area contributed by atoms with Crippen molar-refractivity contribution in [2.75, 3.05) is 7.05 Å². The third-order valence-electron chi connectivity index (χ3n) is 2.76. The highest BCUT2D eigenvalue weighted by atomic mass is 31.2. The summed E-state index contributed by atoms with van der Waals surface area (Å²) in [6.07, 6.45) is 0. The van der Waals surface area contributed by atoms with Crippen LogP contribution in [0, 0.1) is 0 Å². The van der Waals surface area contributed by atoms with Gasteiger partial charge in [0.25, 0.3) is 0 Å². The van der Waals surface area contributed by atoms with E-state index in [2.05, 4.69) is 5.09 Å². The average molecular weight is 291 g/mol. The van der Waals surface area contributed by atoms with E-state index in [1.54, 1.807) is 7.05 Å². The van der Waals surface area contributed by atoms with Gasteiger partial charge in [0, 0.05) is 0 Å². The third kappa shape index (κ3) is 4.58. The highest BCUT2D eigenvalue weighted by Gasteiger charge is 2.22. The zero-order valence-electron chi connectivity index (χ0n) is 11.4. The summed E-state index contributed by atoms with van der Waals surface area (Å²) in [5, 5.41) is 2.63. The second-order valence-electron chi connectivity index (χ2n) is 4.24. The van der Waals surface area contributed by atoms with Gasteiger partial charge < -0.3 is 0 Å². The zero-order chi connectivity index (χ0) is 14.3. The van der Waals surface area contributed by atoms with Gasteiger partial charge in [-0.3, -0.25) is 9.05 Å². The van der Waals surface area contributed by atoms with Gasteiger partial charge in [-0.05, 0) is 18.2 Å². The van der Waals surface area contributed by atoms with Crippen LogP contribution in [0.1, 0.15) is 11.1 Å². The highest BCUT2D eigenvalue weighted by molar-refractivity contribution is 7.51. The van der Waals surface area contributed by atoms with Crippen LogP contribution in [0.25, 0.3) is 0 Å². The summed E-state index contributed by atoms with van der Waals surface area (Å²) >= 11 is 0. The molecule has 2 aromatic rings. The Morgan fingerprint density at radius 3 is 1.60 bits per heavy atom. The van der Waals surface area contributed by atoms with Crippen molar-refractivity contribution in [3.63, 3.8) is 0 Å². The summed E-state index contributed by atoms with van der Waals surface area (Å²) in [6.45, 7) is 0.488. The molecule has 1 N–H and O–H groups in total. The van der Waals surface area contributed by atoms with E-state index in [0.717, 1.165) is 11.1 Å². The highest BCUT2D eigenvalue weighted by Crippen LogP contribution is 2.44. The summed E-state index contributed by atoms with van der Waals surface area (Å²) in [5.41, 5.74) is 1.90. The van der Waals surface area contributed by atoms with Crippen molar-refractivity contribution >= 4 is 7.75 Å². The van der Waals surface area contributed by atoms with Crippen LogP contribution < -0.4 is 5.09 Å². The van der Waals surface area contributed by atoms with E-state index in [-0.39, 0.29) is 13.2 Å². The van der Waals surface area contributed by atoms with Gasteiger partial charge in [-0.25, -0.2) is 9.65 Å². The second kappa shape index (κ2) is 7.36. The molecule has 0 saturated heterocycles. The minimum atomic E-state index is -3.28. The zero-order valence-corrected chi connectivity index (χ0v) is 12.3. The molecule has 0 atom stereocenters. The van der Waals surface area contributed by atoms with Crippen LogP contribution in [0.15, 0.2) is 60.7 Å². The number of nitrogens with one attached hydrogen (secondary N) is 1. The van der Waals surface area contributed by atoms with E-state index in [4.69, 9.17) is 9.05 Å². The smallest absolute Gasteiger partial charge is 0.292 e. The number of hydrogen-bond acceptors (Lipinski definition) is 3. The summed E-state index contributed by atoms with van der Waals surface area (Å²) in [7, 11) is -1.71. The Morgan fingerprint density at radius 1 is 0.850 bits per heavy atom. The van der Waals surface area contributed by atoms with Gasteiger partial charge in [0.15, 0.2) is 0 Å². The first kappa shape index (κ1) is 14.9. The first-order valence-electron chi connectivity index (χ1n) is 6.38. The van der Waals surface area contributed by atoms with E-state index in [1.165, 1.54) is 0 Å². The lowest BCUT2D eigenvalue weighted by Gasteiger charge is -2.17. The van der Waals surface area contributed by atoms with Gasteiger partial charge in [0.05, 0.1) is 13.2 Å². The molecule has 0 aliphatic carbocycles. The first-order valence-corrected chi connectivity index (χ1v) is 7.92. The van der Waals surface area contributed by atoms with Crippen LogP contribution in [0.5, 0.6) is 0 Å². The molecule has 0 amide bonds. The molecule has 0 heterocycles. The molecule has 0 aromatic heterocycles. The minimum absolute atomic E-state index is 0.244. The van der Waals surface area contributed by atoms with Crippen molar-refractivity contribution in [1.29, 1.82) is 0 Å². The lowest BCUT2D eigenvalue weighted by atomic mass is 10.2. The molecule has 2 rings (SSSR count). The van der Waals surface area contributed by atoms with Crippen LogP contribution in [-0.4, -0.2) is 7.05 Å². The maximum Gasteiger partial charge on any atom is 0.405 e. The van der Waals surface area contributed by atoms with Gasteiger partial charge in [0.1, 0.15) is 0 Å². The molecule has 0 aliphatic heterocycles. The van der Waals surface area contributed by atoms with Crippen molar-refractivity contribution in [3.8, 4) is 0 Å². The van der Waals surface area contributed by atoms with Gasteiger partial charge in [-0.1, -0.05) is 60.7 Å². The molecule has 0 unspecified atom stereocenters. The van der Waals surface area contributed by atoms with Gasteiger partial charge in [-0.2, -0.15) is 0 Å². The molecule has 0 radical (unpaired) electrons. The van der Waals surface area contributed by atoms with Crippen molar-refractivity contribution in [3.05, 3.63) is 71.8 Å². The van der Waals surface area contributed by atoms with Gasteiger partial charge in [-0.15, -0.1) is 0 Å². The summed E-state index contributed by atoms with van der Waals surface area (Å²) < 4.78 is 23.2. The second-order valence-corrected chi connectivity index (χ2v) is 6.20. The Balaban J connectivity index is 1.90. The Labute approximate surface area is 119 Å². The molecule has 2 aromatic carbocycles. The Kier molecular flexibility index (Phi) is 5.50. The molecule has 5 heteroatoms. The van der Waals surface area contributed by atoms with Crippen LogP contribution in [0.2, 0.25) is 0 Å². The molecule has 0 bridgehead atoms. The first-order chi connectivity index (χ1) is 9.72. The maximum absolute atomic E-state index is 12.4. The molecule has 20 heavy (non-hydrogen) atoms. The lowest BCUT2D eigenvalue weighted by molar-refractivity contribution is 0.184. The Morgan fingerprint density at radius 2 is 1.25 bits per heavy atom. The quantitative estimate of drug-likeness (QED) is 0.789. The maximum atomic E-state index is 12.4. The largest absolute Gasteiger partial charge is 0.405 e. The van der Waals surface area contributed by atoms with Crippen molar-refractivity contribution in [2.45, 2.75) is 13.2 Å². The summed E-state index contributed by atoms with van der Waals surface area (Å²) in [6, 6.07) is 19.1. The van der Waals surface area contributed by atoms with Crippen molar-refractivity contribution in [2.24, 2.45) is 0 Å². The Bertz CT molecular complexity index is 512. The fraction of sp³-hybridized carbons (Fsp3) is 0.200. The molecule has 0 saturated carbocycles. The summed E-state index contributed by atoms with van der Waals surface area (Å²) in [5.74, 6) is 0. The van der Waals surface area contributed by atoms with Crippen molar-refractivity contribution < 1.29 is 13.6 Å². The van der Waals surface area contributed by atoms with Crippen LogP contribution in [-0.2, 0) is 26.8 Å². The van der Waals surface area contributed by atoms with Gasteiger partial charge >= 0.3 is 7.75 Å². The lowest BCUT2D eigenvalue weighted by Crippen LogP contribution is -2.09. The minimum Gasteiger partial charge on any atom is -0.292 e. The van der Waals surface area contributed by atoms with E-state index < -0.39 is 7.75 Å².